The molecule has 1 aliphatic heterocycles. The van der Waals surface area contributed by atoms with Crippen LogP contribution in [0.1, 0.15) is 32.6 Å². The summed E-state index contributed by atoms with van der Waals surface area (Å²) in [5, 5.41) is 5.97. The monoisotopic (exact) mass is 414 g/mol. The van der Waals surface area contributed by atoms with Gasteiger partial charge in [0.15, 0.2) is 0 Å². The smallest absolute Gasteiger partial charge is 0.319 e. The highest BCUT2D eigenvalue weighted by Gasteiger charge is 2.34. The number of hydrogen-bond acceptors (Lipinski definition) is 4. The average Bonchev–Trinajstić information content (AvgIpc) is 2.75. The number of carbonyl (C=O) groups excluding carboxylic acids is 1. The van der Waals surface area contributed by atoms with Crippen molar-refractivity contribution in [2.24, 2.45) is 0 Å². The lowest BCUT2D eigenvalue weighted by molar-refractivity contribution is 0.0777. The molecule has 0 spiro atoms. The summed E-state index contributed by atoms with van der Waals surface area (Å²) in [7, 11) is 0. The van der Waals surface area contributed by atoms with Crippen molar-refractivity contribution in [3.05, 3.63) is 54.6 Å². The number of benzene rings is 2. The minimum absolute atomic E-state index is 0.0477. The maximum atomic E-state index is 12.5. The molecule has 2 aromatic rings. The van der Waals surface area contributed by atoms with E-state index in [2.05, 4.69) is 29.7 Å². The van der Waals surface area contributed by atoms with Gasteiger partial charge >= 0.3 is 6.03 Å². The van der Waals surface area contributed by atoms with Crippen LogP contribution < -0.4 is 15.4 Å². The molecule has 29 heavy (non-hydrogen) atoms. The Hall–Kier alpha value is -2.18. The van der Waals surface area contributed by atoms with E-state index in [1.807, 2.05) is 54.2 Å². The molecular formula is C23H30N2O3S. The van der Waals surface area contributed by atoms with Gasteiger partial charge in [-0.3, -0.25) is 0 Å². The van der Waals surface area contributed by atoms with Crippen molar-refractivity contribution >= 4 is 23.5 Å². The molecule has 1 fully saturated rings. The van der Waals surface area contributed by atoms with Crippen LogP contribution in [0, 0.1) is 0 Å². The molecule has 0 unspecified atom stereocenters. The molecule has 2 N–H and O–H groups in total. The number of thioether (sulfide) groups is 1. The van der Waals surface area contributed by atoms with Crippen molar-refractivity contribution in [1.29, 1.82) is 0 Å². The van der Waals surface area contributed by atoms with Crippen molar-refractivity contribution < 1.29 is 14.3 Å². The SMILES string of the molecule is CCCCOc1ccc(NC(=O)NCC2(Sc3ccccc3)CCOCC2)cc1. The van der Waals surface area contributed by atoms with Gasteiger partial charge in [-0.15, -0.1) is 11.8 Å². The largest absolute Gasteiger partial charge is 0.494 e. The predicted octanol–water partition coefficient (Wildman–Crippen LogP) is 5.33. The van der Waals surface area contributed by atoms with E-state index in [0.717, 1.165) is 50.3 Å². The van der Waals surface area contributed by atoms with Gasteiger partial charge in [0.1, 0.15) is 5.75 Å². The highest BCUT2D eigenvalue weighted by Crippen LogP contribution is 2.40. The zero-order valence-corrected chi connectivity index (χ0v) is 17.8. The number of rotatable bonds is 9. The van der Waals surface area contributed by atoms with Crippen LogP contribution in [0.4, 0.5) is 10.5 Å². The summed E-state index contributed by atoms with van der Waals surface area (Å²) in [4.78, 5) is 13.7. The van der Waals surface area contributed by atoms with Crippen LogP contribution in [0.3, 0.4) is 0 Å². The molecular weight excluding hydrogens is 384 g/mol. The first kappa shape index (κ1) is 21.5. The molecule has 6 heteroatoms. The molecule has 0 radical (unpaired) electrons. The van der Waals surface area contributed by atoms with E-state index in [0.29, 0.717) is 13.2 Å². The number of ether oxygens (including phenoxy) is 2. The third kappa shape index (κ3) is 6.98. The van der Waals surface area contributed by atoms with Gasteiger partial charge in [0.2, 0.25) is 0 Å². The number of urea groups is 1. The third-order valence-electron chi connectivity index (χ3n) is 4.93. The number of hydrogen-bond donors (Lipinski definition) is 2. The summed E-state index contributed by atoms with van der Waals surface area (Å²) in [6.07, 6.45) is 3.97. The fourth-order valence-corrected chi connectivity index (χ4v) is 4.49. The van der Waals surface area contributed by atoms with Gasteiger partial charge in [0, 0.05) is 35.1 Å². The van der Waals surface area contributed by atoms with Crippen LogP contribution >= 0.6 is 11.8 Å². The topological polar surface area (TPSA) is 59.6 Å². The Labute approximate surface area is 177 Å². The van der Waals surface area contributed by atoms with Crippen LogP contribution in [-0.2, 0) is 4.74 Å². The van der Waals surface area contributed by atoms with E-state index < -0.39 is 0 Å². The second-order valence-electron chi connectivity index (χ2n) is 7.24. The van der Waals surface area contributed by atoms with Crippen molar-refractivity contribution in [2.75, 3.05) is 31.7 Å². The molecule has 0 atom stereocenters. The Morgan fingerprint density at radius 1 is 1.10 bits per heavy atom. The second-order valence-corrected chi connectivity index (χ2v) is 8.79. The zero-order chi connectivity index (χ0) is 20.4. The number of carbonyl (C=O) groups is 1. The van der Waals surface area contributed by atoms with Gasteiger partial charge in [0.25, 0.3) is 0 Å². The standard InChI is InChI=1S/C23H30N2O3S/c1-2-3-15-28-20-11-9-19(10-12-20)25-22(26)24-18-23(13-16-27-17-14-23)29-21-7-5-4-6-8-21/h4-12H,2-3,13-18H2,1H3,(H2,24,25,26). The lowest BCUT2D eigenvalue weighted by Gasteiger charge is -2.36. The maximum Gasteiger partial charge on any atom is 0.319 e. The minimum Gasteiger partial charge on any atom is -0.494 e. The fraction of sp³-hybridized carbons (Fsp3) is 0.435. The zero-order valence-electron chi connectivity index (χ0n) is 17.0. The van der Waals surface area contributed by atoms with Crippen LogP contribution in [-0.4, -0.2) is 37.1 Å². The molecule has 156 valence electrons. The summed E-state index contributed by atoms with van der Waals surface area (Å²) < 4.78 is 11.2. The predicted molar refractivity (Wildman–Crippen MR) is 119 cm³/mol. The van der Waals surface area contributed by atoms with Crippen molar-refractivity contribution in [3.8, 4) is 5.75 Å². The molecule has 1 saturated heterocycles. The normalized spacial score (nSPS) is 15.5. The van der Waals surface area contributed by atoms with E-state index in [4.69, 9.17) is 9.47 Å². The van der Waals surface area contributed by atoms with E-state index >= 15 is 0 Å². The van der Waals surface area contributed by atoms with E-state index in [-0.39, 0.29) is 10.8 Å². The number of anilines is 1. The lowest BCUT2D eigenvalue weighted by Crippen LogP contribution is -2.45. The van der Waals surface area contributed by atoms with Gasteiger partial charge in [-0.25, -0.2) is 4.79 Å². The van der Waals surface area contributed by atoms with Crippen LogP contribution in [0.5, 0.6) is 5.75 Å². The Kier molecular flexibility index (Phi) is 8.25. The van der Waals surface area contributed by atoms with Gasteiger partial charge in [-0.1, -0.05) is 31.5 Å². The van der Waals surface area contributed by atoms with Crippen molar-refractivity contribution in [1.82, 2.24) is 5.32 Å². The summed E-state index contributed by atoms with van der Waals surface area (Å²) in [5.74, 6) is 0.824. The first-order valence-electron chi connectivity index (χ1n) is 10.3. The molecule has 1 heterocycles. The van der Waals surface area contributed by atoms with Gasteiger partial charge in [-0.05, 0) is 55.7 Å². The minimum atomic E-state index is -0.191. The summed E-state index contributed by atoms with van der Waals surface area (Å²) in [6.45, 7) is 4.90. The third-order valence-corrected chi connectivity index (χ3v) is 6.42. The highest BCUT2D eigenvalue weighted by molar-refractivity contribution is 8.00. The van der Waals surface area contributed by atoms with Crippen LogP contribution in [0.25, 0.3) is 0 Å². The van der Waals surface area contributed by atoms with Crippen molar-refractivity contribution in [2.45, 2.75) is 42.2 Å². The molecule has 2 aromatic carbocycles. The Bertz CT molecular complexity index is 746. The van der Waals surface area contributed by atoms with Crippen LogP contribution in [0.2, 0.25) is 0 Å². The molecule has 0 saturated carbocycles. The van der Waals surface area contributed by atoms with Crippen molar-refractivity contribution in [3.63, 3.8) is 0 Å². The lowest BCUT2D eigenvalue weighted by atomic mass is 9.99. The number of nitrogens with one attached hydrogen (secondary N) is 2. The molecule has 0 aromatic heterocycles. The van der Waals surface area contributed by atoms with Crippen LogP contribution in [0.15, 0.2) is 59.5 Å². The molecule has 1 aliphatic rings. The second kappa shape index (κ2) is 11.1. The molecule has 3 rings (SSSR count). The molecule has 0 aliphatic carbocycles. The van der Waals surface area contributed by atoms with Gasteiger partial charge in [0.05, 0.1) is 6.61 Å². The number of amides is 2. The van der Waals surface area contributed by atoms with E-state index in [9.17, 15) is 4.79 Å². The Morgan fingerprint density at radius 3 is 2.52 bits per heavy atom. The fourth-order valence-electron chi connectivity index (χ4n) is 3.18. The van der Waals surface area contributed by atoms with Gasteiger partial charge < -0.3 is 20.1 Å². The Balaban J connectivity index is 1.52. The summed E-state index contributed by atoms with van der Waals surface area (Å²) >= 11 is 1.83. The molecule has 2 amide bonds. The van der Waals surface area contributed by atoms with E-state index in [1.54, 1.807) is 0 Å². The highest BCUT2D eigenvalue weighted by atomic mass is 32.2. The average molecular weight is 415 g/mol. The van der Waals surface area contributed by atoms with E-state index in [1.165, 1.54) is 4.90 Å². The molecule has 5 nitrogen and oxygen atoms in total. The quantitative estimate of drug-likeness (QED) is 0.545. The maximum absolute atomic E-state index is 12.5. The Morgan fingerprint density at radius 2 is 1.83 bits per heavy atom. The van der Waals surface area contributed by atoms with Gasteiger partial charge in [-0.2, -0.15) is 0 Å². The summed E-state index contributed by atoms with van der Waals surface area (Å²) in [6, 6.07) is 17.7. The number of unbranched alkanes of at least 4 members (excludes halogenated alkanes) is 1. The first-order chi connectivity index (χ1) is 14.2. The summed E-state index contributed by atoms with van der Waals surface area (Å²) in [5.41, 5.74) is 0.752. The molecule has 0 bridgehead atoms. The first-order valence-corrected chi connectivity index (χ1v) is 11.1.